The second-order valence-electron chi connectivity index (χ2n) is 5.14. The van der Waals surface area contributed by atoms with Crippen molar-refractivity contribution < 1.29 is 0 Å². The fourth-order valence-electron chi connectivity index (χ4n) is 2.73. The van der Waals surface area contributed by atoms with Crippen molar-refractivity contribution in [2.75, 3.05) is 6.26 Å². The van der Waals surface area contributed by atoms with Gasteiger partial charge in [0.25, 0.3) is 0 Å². The Labute approximate surface area is 129 Å². The molecule has 1 atom stereocenters. The molecule has 4 heteroatoms. The van der Waals surface area contributed by atoms with Gasteiger partial charge in [-0.15, -0.1) is 11.8 Å². The Morgan fingerprint density at radius 3 is 2.67 bits per heavy atom. The first-order valence-electron chi connectivity index (χ1n) is 7.00. The summed E-state index contributed by atoms with van der Waals surface area (Å²) in [5.41, 5.74) is 9.85. The summed E-state index contributed by atoms with van der Waals surface area (Å²) in [5, 5.41) is 5.83. The topological polar surface area (TPSA) is 43.8 Å². The van der Waals surface area contributed by atoms with E-state index in [2.05, 4.69) is 47.8 Å². The number of nitrogens with two attached hydrogens (primary N) is 1. The van der Waals surface area contributed by atoms with Gasteiger partial charge in [-0.05, 0) is 24.0 Å². The first-order chi connectivity index (χ1) is 10.2. The van der Waals surface area contributed by atoms with Crippen LogP contribution < -0.4 is 5.73 Å². The van der Waals surface area contributed by atoms with Gasteiger partial charge < -0.3 is 5.73 Å². The Balaban J connectivity index is 1.95. The van der Waals surface area contributed by atoms with Crippen LogP contribution >= 0.6 is 11.8 Å². The summed E-state index contributed by atoms with van der Waals surface area (Å²) in [6.07, 6.45) is 2.83. The molecular weight excluding hydrogens is 278 g/mol. The highest BCUT2D eigenvalue weighted by Crippen LogP contribution is 2.28. The van der Waals surface area contributed by atoms with Crippen LogP contribution in [-0.2, 0) is 13.5 Å². The second-order valence-corrected chi connectivity index (χ2v) is 5.99. The third kappa shape index (κ3) is 2.69. The average Bonchev–Trinajstić information content (AvgIpc) is 2.84. The number of hydrogen-bond donors (Lipinski definition) is 1. The van der Waals surface area contributed by atoms with Gasteiger partial charge in [-0.2, -0.15) is 5.10 Å². The molecule has 2 N–H and O–H groups in total. The molecule has 0 spiro atoms. The summed E-state index contributed by atoms with van der Waals surface area (Å²) < 4.78 is 1.93. The van der Waals surface area contributed by atoms with E-state index >= 15 is 0 Å². The predicted octanol–water partition coefficient (Wildman–Crippen LogP) is 3.54. The molecular formula is C17H19N3S. The van der Waals surface area contributed by atoms with Gasteiger partial charge in [0.1, 0.15) is 0 Å². The van der Waals surface area contributed by atoms with Gasteiger partial charge in [0, 0.05) is 29.8 Å². The lowest BCUT2D eigenvalue weighted by Gasteiger charge is -2.14. The minimum absolute atomic E-state index is 0.0352. The van der Waals surface area contributed by atoms with Gasteiger partial charge in [-0.25, -0.2) is 0 Å². The highest BCUT2D eigenvalue weighted by molar-refractivity contribution is 7.98. The van der Waals surface area contributed by atoms with Crippen molar-refractivity contribution in [1.82, 2.24) is 9.78 Å². The minimum Gasteiger partial charge on any atom is -0.324 e. The van der Waals surface area contributed by atoms with Gasteiger partial charge in [-0.1, -0.05) is 36.4 Å². The van der Waals surface area contributed by atoms with E-state index in [-0.39, 0.29) is 6.04 Å². The quantitative estimate of drug-likeness (QED) is 0.749. The monoisotopic (exact) mass is 297 g/mol. The Bertz CT molecular complexity index is 764. The SMILES string of the molecule is CSc1ccccc1C(N)Cc1nn(C)c2ccccc12. The summed E-state index contributed by atoms with van der Waals surface area (Å²) in [4.78, 5) is 1.24. The molecule has 2 aromatic carbocycles. The molecule has 108 valence electrons. The number of para-hydroxylation sites is 1. The Kier molecular flexibility index (Phi) is 3.99. The molecule has 0 aliphatic rings. The fraction of sp³-hybridized carbons (Fsp3) is 0.235. The molecule has 0 saturated heterocycles. The number of thioether (sulfide) groups is 1. The molecule has 0 aliphatic heterocycles. The van der Waals surface area contributed by atoms with Gasteiger partial charge in [0.15, 0.2) is 0 Å². The molecule has 0 aliphatic carbocycles. The molecule has 1 aromatic heterocycles. The van der Waals surface area contributed by atoms with Gasteiger partial charge in [0.05, 0.1) is 11.2 Å². The van der Waals surface area contributed by atoms with Gasteiger partial charge in [0.2, 0.25) is 0 Å². The number of nitrogens with zero attached hydrogens (tertiary/aromatic N) is 2. The third-order valence-electron chi connectivity index (χ3n) is 3.79. The summed E-state index contributed by atoms with van der Waals surface area (Å²) in [7, 11) is 1.98. The molecule has 0 fully saturated rings. The Hall–Kier alpha value is -1.78. The number of fused-ring (bicyclic) bond motifs is 1. The number of aromatic nitrogens is 2. The Morgan fingerprint density at radius 1 is 1.14 bits per heavy atom. The Morgan fingerprint density at radius 2 is 1.86 bits per heavy atom. The van der Waals surface area contributed by atoms with Crippen LogP contribution in [0.15, 0.2) is 53.4 Å². The number of benzene rings is 2. The molecule has 21 heavy (non-hydrogen) atoms. The lowest BCUT2D eigenvalue weighted by molar-refractivity contribution is 0.673. The maximum atomic E-state index is 6.44. The van der Waals surface area contributed by atoms with Crippen LogP contribution in [0.25, 0.3) is 10.9 Å². The highest BCUT2D eigenvalue weighted by atomic mass is 32.2. The summed E-state index contributed by atoms with van der Waals surface area (Å²) in [6, 6.07) is 16.6. The van der Waals surface area contributed by atoms with Crippen molar-refractivity contribution in [1.29, 1.82) is 0 Å². The molecule has 3 rings (SSSR count). The van der Waals surface area contributed by atoms with Crippen LogP contribution in [0.5, 0.6) is 0 Å². The van der Waals surface area contributed by atoms with E-state index in [4.69, 9.17) is 5.73 Å². The zero-order chi connectivity index (χ0) is 14.8. The lowest BCUT2D eigenvalue weighted by Crippen LogP contribution is -2.15. The first-order valence-corrected chi connectivity index (χ1v) is 8.22. The van der Waals surface area contributed by atoms with Gasteiger partial charge in [-0.3, -0.25) is 4.68 Å². The zero-order valence-electron chi connectivity index (χ0n) is 12.3. The molecule has 3 aromatic rings. The second kappa shape index (κ2) is 5.92. The van der Waals surface area contributed by atoms with Crippen molar-refractivity contribution in [2.24, 2.45) is 12.8 Å². The third-order valence-corrected chi connectivity index (χ3v) is 4.60. The maximum absolute atomic E-state index is 6.44. The van der Waals surface area contributed by atoms with E-state index in [1.54, 1.807) is 11.8 Å². The summed E-state index contributed by atoms with van der Waals surface area (Å²) >= 11 is 1.74. The van der Waals surface area contributed by atoms with Crippen molar-refractivity contribution in [3.63, 3.8) is 0 Å². The molecule has 0 radical (unpaired) electrons. The molecule has 3 nitrogen and oxygen atoms in total. The fourth-order valence-corrected chi connectivity index (χ4v) is 3.40. The summed E-state index contributed by atoms with van der Waals surface area (Å²) in [6.45, 7) is 0. The van der Waals surface area contributed by atoms with Crippen LogP contribution in [0.3, 0.4) is 0 Å². The van der Waals surface area contributed by atoms with Crippen LogP contribution in [-0.4, -0.2) is 16.0 Å². The minimum atomic E-state index is -0.0352. The van der Waals surface area contributed by atoms with Crippen LogP contribution in [0.2, 0.25) is 0 Å². The average molecular weight is 297 g/mol. The maximum Gasteiger partial charge on any atom is 0.0722 e. The number of rotatable bonds is 4. The van der Waals surface area contributed by atoms with Crippen molar-refractivity contribution in [3.05, 3.63) is 59.8 Å². The van der Waals surface area contributed by atoms with Crippen LogP contribution in [0.1, 0.15) is 17.3 Å². The standard InChI is InChI=1S/C17H19N3S/c1-20-16-9-5-3-8-13(16)15(19-20)11-14(18)12-7-4-6-10-17(12)21-2/h3-10,14H,11,18H2,1-2H3. The highest BCUT2D eigenvalue weighted by Gasteiger charge is 2.15. The normalized spacial score (nSPS) is 12.7. The van der Waals surface area contributed by atoms with Crippen LogP contribution in [0, 0.1) is 0 Å². The van der Waals surface area contributed by atoms with E-state index in [0.29, 0.717) is 0 Å². The lowest BCUT2D eigenvalue weighted by atomic mass is 10.0. The molecule has 1 heterocycles. The number of aryl methyl sites for hydroxylation is 1. The molecule has 0 amide bonds. The van der Waals surface area contributed by atoms with Crippen molar-refractivity contribution >= 4 is 22.7 Å². The largest absolute Gasteiger partial charge is 0.324 e. The predicted molar refractivity (Wildman–Crippen MR) is 89.6 cm³/mol. The van der Waals surface area contributed by atoms with E-state index < -0.39 is 0 Å². The van der Waals surface area contributed by atoms with E-state index in [1.165, 1.54) is 15.8 Å². The zero-order valence-corrected chi connectivity index (χ0v) is 13.1. The van der Waals surface area contributed by atoms with Crippen molar-refractivity contribution in [2.45, 2.75) is 17.4 Å². The molecule has 0 bridgehead atoms. The summed E-state index contributed by atoms with van der Waals surface area (Å²) in [5.74, 6) is 0. The smallest absolute Gasteiger partial charge is 0.0722 e. The van der Waals surface area contributed by atoms with Gasteiger partial charge >= 0.3 is 0 Å². The van der Waals surface area contributed by atoms with Crippen molar-refractivity contribution in [3.8, 4) is 0 Å². The van der Waals surface area contributed by atoms with Crippen LogP contribution in [0.4, 0.5) is 0 Å². The first kappa shape index (κ1) is 14.2. The van der Waals surface area contributed by atoms with E-state index in [9.17, 15) is 0 Å². The molecule has 0 saturated carbocycles. The number of hydrogen-bond acceptors (Lipinski definition) is 3. The van der Waals surface area contributed by atoms with E-state index in [0.717, 1.165) is 17.6 Å². The van der Waals surface area contributed by atoms with E-state index in [1.807, 2.05) is 23.9 Å². The molecule has 1 unspecified atom stereocenters.